The minimum Gasteiger partial charge on any atom is -0.493 e. The van der Waals surface area contributed by atoms with Crippen molar-refractivity contribution in [3.8, 4) is 22.6 Å². The highest BCUT2D eigenvalue weighted by Gasteiger charge is 2.32. The fourth-order valence-corrected chi connectivity index (χ4v) is 4.85. The van der Waals surface area contributed by atoms with Gasteiger partial charge in [0, 0.05) is 34.1 Å². The van der Waals surface area contributed by atoms with Gasteiger partial charge < -0.3 is 9.47 Å². The Morgan fingerprint density at radius 2 is 1.88 bits per heavy atom. The van der Waals surface area contributed by atoms with Gasteiger partial charge in [0.1, 0.15) is 23.6 Å². The Morgan fingerprint density at radius 1 is 1.06 bits per heavy atom. The van der Waals surface area contributed by atoms with Crippen molar-refractivity contribution in [2.24, 2.45) is 0 Å². The van der Waals surface area contributed by atoms with Crippen LogP contribution in [-0.4, -0.2) is 32.8 Å². The van der Waals surface area contributed by atoms with Crippen molar-refractivity contribution in [3.05, 3.63) is 70.7 Å². The van der Waals surface area contributed by atoms with Gasteiger partial charge in [-0.2, -0.15) is 0 Å². The van der Waals surface area contributed by atoms with E-state index in [2.05, 4.69) is 15.2 Å². The van der Waals surface area contributed by atoms with Crippen LogP contribution in [0.2, 0.25) is 0 Å². The van der Waals surface area contributed by atoms with Crippen LogP contribution in [0.1, 0.15) is 40.4 Å². The zero-order valence-corrected chi connectivity index (χ0v) is 17.7. The molecule has 0 N–H and O–H groups in total. The number of nitrogens with zero attached hydrogens (tertiary/aromatic N) is 4. The number of alkyl halides is 2. The maximum atomic E-state index is 14.8. The minimum atomic E-state index is -2.68. The molecule has 0 saturated carbocycles. The molecule has 0 fully saturated rings. The van der Waals surface area contributed by atoms with Gasteiger partial charge in [0.05, 0.1) is 24.8 Å². The summed E-state index contributed by atoms with van der Waals surface area (Å²) in [6, 6.07) is 6.20. The summed E-state index contributed by atoms with van der Waals surface area (Å²) in [5.74, 6) is 0.833. The predicted octanol–water partition coefficient (Wildman–Crippen LogP) is 4.83. The second-order valence-electron chi connectivity index (χ2n) is 8.36. The molecule has 2 aliphatic heterocycles. The lowest BCUT2D eigenvalue weighted by atomic mass is 9.93. The Morgan fingerprint density at radius 3 is 2.70 bits per heavy atom. The molecule has 6 nitrogen and oxygen atoms in total. The molecule has 6 rings (SSSR count). The highest BCUT2D eigenvalue weighted by molar-refractivity contribution is 5.81. The molecule has 1 aromatic carbocycles. The predicted molar refractivity (Wildman–Crippen MR) is 113 cm³/mol. The minimum absolute atomic E-state index is 0.116. The molecule has 3 aromatic heterocycles. The van der Waals surface area contributed by atoms with E-state index in [0.29, 0.717) is 53.4 Å². The van der Waals surface area contributed by atoms with Crippen molar-refractivity contribution < 1.29 is 22.6 Å². The fourth-order valence-electron chi connectivity index (χ4n) is 4.85. The normalized spacial score (nSPS) is 17.1. The van der Waals surface area contributed by atoms with Gasteiger partial charge in [-0.3, -0.25) is 9.38 Å². The molecule has 33 heavy (non-hydrogen) atoms. The van der Waals surface area contributed by atoms with Crippen LogP contribution in [-0.2, 0) is 12.8 Å². The van der Waals surface area contributed by atoms with E-state index in [4.69, 9.17) is 9.47 Å². The molecule has 5 heterocycles. The topological polar surface area (TPSA) is 61.5 Å². The maximum Gasteiger partial charge on any atom is 0.264 e. The van der Waals surface area contributed by atoms with Gasteiger partial charge >= 0.3 is 0 Å². The summed E-state index contributed by atoms with van der Waals surface area (Å²) >= 11 is 0. The molecule has 0 spiro atoms. The monoisotopic (exact) mass is 452 g/mol. The van der Waals surface area contributed by atoms with E-state index < -0.39 is 6.43 Å². The average Bonchev–Trinajstić information content (AvgIpc) is 3.45. The Labute approximate surface area is 187 Å². The van der Waals surface area contributed by atoms with Gasteiger partial charge in [-0.1, -0.05) is 0 Å². The quantitative estimate of drug-likeness (QED) is 0.436. The van der Waals surface area contributed by atoms with Crippen LogP contribution in [0, 0.1) is 12.7 Å². The number of aromatic nitrogens is 4. The molecular formula is C24H19F3N4O2. The third-order valence-electron chi connectivity index (χ3n) is 6.40. The van der Waals surface area contributed by atoms with E-state index >= 15 is 0 Å². The van der Waals surface area contributed by atoms with E-state index in [1.54, 1.807) is 23.5 Å². The number of aryl methyl sites for hydroxylation is 2. The summed E-state index contributed by atoms with van der Waals surface area (Å²) in [6.45, 7) is 2.35. The molecule has 2 aliphatic rings. The summed E-state index contributed by atoms with van der Waals surface area (Å²) in [7, 11) is 0. The van der Waals surface area contributed by atoms with Gasteiger partial charge in [0.15, 0.2) is 5.65 Å². The molecular weight excluding hydrogens is 433 g/mol. The van der Waals surface area contributed by atoms with Crippen LogP contribution in [0.15, 0.2) is 36.8 Å². The van der Waals surface area contributed by atoms with Gasteiger partial charge in [-0.25, -0.2) is 13.2 Å². The van der Waals surface area contributed by atoms with E-state index in [-0.39, 0.29) is 29.5 Å². The smallest absolute Gasteiger partial charge is 0.264 e. The van der Waals surface area contributed by atoms with Crippen molar-refractivity contribution in [3.63, 3.8) is 0 Å². The number of pyridine rings is 2. The molecule has 1 atom stereocenters. The van der Waals surface area contributed by atoms with Crippen molar-refractivity contribution in [2.75, 3.05) is 13.2 Å². The molecule has 9 heteroatoms. The number of hydrogen-bond acceptors (Lipinski definition) is 5. The molecule has 0 saturated heterocycles. The summed E-state index contributed by atoms with van der Waals surface area (Å²) in [5.41, 5.74) is 3.77. The lowest BCUT2D eigenvalue weighted by molar-refractivity contribution is 0.152. The number of ether oxygens (including phenoxy) is 2. The SMILES string of the molecule is Cc1cc(C(F)F)c(-c2cc3c(n4cnnc24)CCc2c(F)ccc4c2[C@H](CO4)CO3)cn1. The van der Waals surface area contributed by atoms with E-state index in [1.807, 2.05) is 0 Å². The first kappa shape index (κ1) is 20.0. The lowest BCUT2D eigenvalue weighted by Gasteiger charge is -2.17. The van der Waals surface area contributed by atoms with E-state index in [0.717, 1.165) is 11.3 Å². The summed E-state index contributed by atoms with van der Waals surface area (Å²) in [4.78, 5) is 4.23. The van der Waals surface area contributed by atoms with Crippen molar-refractivity contribution in [2.45, 2.75) is 32.1 Å². The number of halogens is 3. The molecule has 0 amide bonds. The second kappa shape index (κ2) is 7.47. The van der Waals surface area contributed by atoms with Crippen LogP contribution in [0.25, 0.3) is 16.8 Å². The average molecular weight is 452 g/mol. The number of rotatable bonds is 2. The van der Waals surface area contributed by atoms with Crippen molar-refractivity contribution in [1.82, 2.24) is 19.6 Å². The van der Waals surface area contributed by atoms with Gasteiger partial charge in [0.2, 0.25) is 0 Å². The Kier molecular flexibility index (Phi) is 4.53. The van der Waals surface area contributed by atoms with Crippen LogP contribution >= 0.6 is 0 Å². The highest BCUT2D eigenvalue weighted by Crippen LogP contribution is 2.42. The van der Waals surface area contributed by atoms with Crippen molar-refractivity contribution >= 4 is 5.65 Å². The van der Waals surface area contributed by atoms with Gasteiger partial charge in [-0.05, 0) is 49.6 Å². The van der Waals surface area contributed by atoms with Gasteiger partial charge in [0.25, 0.3) is 6.43 Å². The molecule has 4 aromatic rings. The standard InChI is InChI=1S/C24H19F3N4O2/c1-12-6-15(23(26)27)17(8-28-12)16-7-21-19(31-11-29-30-24(16)31)4-2-14-18(25)3-5-20-22(14)13(9-32-20)10-33-21/h3,5-8,11,13,23H,2,4,9-10H2,1H3/t13-/m1/s1. The number of fused-ring (bicyclic) bond motifs is 3. The first-order valence-corrected chi connectivity index (χ1v) is 10.7. The summed E-state index contributed by atoms with van der Waals surface area (Å²) < 4.78 is 56.2. The Balaban J connectivity index is 1.53. The fraction of sp³-hybridized carbons (Fsp3) is 0.292. The van der Waals surface area contributed by atoms with Crippen molar-refractivity contribution in [1.29, 1.82) is 0 Å². The molecule has 0 radical (unpaired) electrons. The number of benzene rings is 1. The first-order chi connectivity index (χ1) is 16.0. The van der Waals surface area contributed by atoms with E-state index in [1.165, 1.54) is 24.7 Å². The summed E-state index contributed by atoms with van der Waals surface area (Å²) in [5, 5.41) is 8.22. The third kappa shape index (κ3) is 3.13. The molecule has 0 aliphatic carbocycles. The summed E-state index contributed by atoms with van der Waals surface area (Å²) in [6.07, 6.45) is 1.18. The third-order valence-corrected chi connectivity index (χ3v) is 6.40. The Hall–Kier alpha value is -3.62. The van der Waals surface area contributed by atoms with Gasteiger partial charge in [-0.15, -0.1) is 10.2 Å². The second-order valence-corrected chi connectivity index (χ2v) is 8.36. The maximum absolute atomic E-state index is 14.8. The number of hydrogen-bond donors (Lipinski definition) is 0. The van der Waals surface area contributed by atoms with Crippen LogP contribution < -0.4 is 9.47 Å². The van der Waals surface area contributed by atoms with Crippen LogP contribution in [0.5, 0.6) is 11.5 Å². The lowest BCUT2D eigenvalue weighted by Crippen LogP contribution is -2.13. The first-order valence-electron chi connectivity index (χ1n) is 10.7. The zero-order valence-electron chi connectivity index (χ0n) is 17.7. The van der Waals surface area contributed by atoms with E-state index in [9.17, 15) is 13.2 Å². The zero-order chi connectivity index (χ0) is 22.7. The van der Waals surface area contributed by atoms with Crippen LogP contribution in [0.4, 0.5) is 13.2 Å². The Bertz CT molecular complexity index is 1400. The molecule has 168 valence electrons. The van der Waals surface area contributed by atoms with Crippen LogP contribution in [0.3, 0.4) is 0 Å². The highest BCUT2D eigenvalue weighted by atomic mass is 19.3. The largest absolute Gasteiger partial charge is 0.493 e. The molecule has 0 bridgehead atoms. The molecule has 0 unspecified atom stereocenters.